The number of hydrogen-bond acceptors (Lipinski definition) is 6. The molecule has 3 aromatic heterocycles. The second-order valence-electron chi connectivity index (χ2n) is 11.8. The molecule has 0 bridgehead atoms. The number of aromatic nitrogens is 4. The lowest BCUT2D eigenvalue weighted by molar-refractivity contribution is -0.0613. The van der Waals surface area contributed by atoms with E-state index in [0.717, 1.165) is 47.5 Å². The predicted octanol–water partition coefficient (Wildman–Crippen LogP) is 4.05. The van der Waals surface area contributed by atoms with Gasteiger partial charge in [0.1, 0.15) is 16.9 Å². The molecule has 1 saturated heterocycles. The highest BCUT2D eigenvalue weighted by atomic mass is 16.5. The molecule has 2 fully saturated rings. The average Bonchev–Trinajstić information content (AvgIpc) is 3.54. The second-order valence-corrected chi connectivity index (χ2v) is 11.8. The van der Waals surface area contributed by atoms with Crippen LogP contribution in [-0.4, -0.2) is 66.4 Å². The molecule has 6 rings (SSSR count). The molecular weight excluding hydrogens is 492 g/mol. The normalized spacial score (nSPS) is 26.9. The van der Waals surface area contributed by atoms with Gasteiger partial charge in [-0.25, -0.2) is 9.97 Å². The van der Waals surface area contributed by atoms with E-state index in [1.54, 1.807) is 7.11 Å². The van der Waals surface area contributed by atoms with E-state index in [2.05, 4.69) is 40.1 Å². The molecule has 1 aromatic carbocycles. The molecule has 1 saturated carbocycles. The van der Waals surface area contributed by atoms with Crippen molar-refractivity contribution in [3.8, 4) is 17.3 Å². The zero-order valence-corrected chi connectivity index (χ0v) is 23.4. The van der Waals surface area contributed by atoms with Gasteiger partial charge < -0.3 is 29.6 Å². The number of carbonyl (C=O) groups excluding carboxylic acids is 1. The number of pyridine rings is 1. The van der Waals surface area contributed by atoms with E-state index in [1.165, 1.54) is 0 Å². The lowest BCUT2D eigenvalue weighted by atomic mass is 9.72. The number of hydrogen-bond donors (Lipinski definition) is 2. The molecule has 0 spiro atoms. The number of nitrogens with zero attached hydrogens (tertiary/aromatic N) is 5. The summed E-state index contributed by atoms with van der Waals surface area (Å²) < 4.78 is 10.3. The number of fused-ring (bicyclic) bond motifs is 2. The highest BCUT2D eigenvalue weighted by Gasteiger charge is 2.40. The third-order valence-electron chi connectivity index (χ3n) is 8.82. The Labute approximate surface area is 228 Å². The number of likely N-dealkylation sites (tertiary alicyclic amines) is 1. The van der Waals surface area contributed by atoms with Crippen LogP contribution in [0.4, 0.5) is 0 Å². The van der Waals surface area contributed by atoms with Crippen LogP contribution in [0.3, 0.4) is 0 Å². The maximum atomic E-state index is 13.7. The molecule has 9 nitrogen and oxygen atoms in total. The molecule has 3 N–H and O–H groups in total. The van der Waals surface area contributed by atoms with E-state index in [9.17, 15) is 9.90 Å². The summed E-state index contributed by atoms with van der Waals surface area (Å²) in [6.07, 6.45) is 3.27. The molecule has 1 aliphatic carbocycles. The van der Waals surface area contributed by atoms with Crippen molar-refractivity contribution in [1.29, 1.82) is 0 Å². The van der Waals surface area contributed by atoms with Gasteiger partial charge in [0.05, 0.1) is 23.9 Å². The second kappa shape index (κ2) is 9.34. The third kappa shape index (κ3) is 4.19. The number of nitrogens with two attached hydrogens (primary N) is 1. The van der Waals surface area contributed by atoms with Crippen LogP contribution in [0.15, 0.2) is 36.5 Å². The van der Waals surface area contributed by atoms with Crippen LogP contribution in [0, 0.1) is 11.8 Å². The van der Waals surface area contributed by atoms with Crippen LogP contribution in [-0.2, 0) is 13.1 Å². The number of aliphatic hydroxyl groups is 1. The number of imidazole rings is 1. The maximum absolute atomic E-state index is 13.7. The van der Waals surface area contributed by atoms with Crippen molar-refractivity contribution in [2.24, 2.45) is 17.6 Å². The van der Waals surface area contributed by atoms with Gasteiger partial charge in [0.25, 0.3) is 5.91 Å². The van der Waals surface area contributed by atoms with Gasteiger partial charge in [-0.15, -0.1) is 0 Å². The van der Waals surface area contributed by atoms with Crippen LogP contribution in [0.5, 0.6) is 5.75 Å². The molecule has 1 aliphatic heterocycles. The Kier molecular flexibility index (Phi) is 6.19. The van der Waals surface area contributed by atoms with E-state index in [1.807, 2.05) is 43.1 Å². The van der Waals surface area contributed by atoms with Crippen molar-refractivity contribution >= 4 is 28.0 Å². The Morgan fingerprint density at radius 1 is 1.23 bits per heavy atom. The fraction of sp³-hybridized carbons (Fsp3) is 0.500. The van der Waals surface area contributed by atoms with Gasteiger partial charge >= 0.3 is 0 Å². The summed E-state index contributed by atoms with van der Waals surface area (Å²) in [7, 11) is 1.64. The fourth-order valence-corrected chi connectivity index (χ4v) is 6.76. The van der Waals surface area contributed by atoms with E-state index >= 15 is 0 Å². The lowest BCUT2D eigenvalue weighted by Crippen LogP contribution is -2.42. The van der Waals surface area contributed by atoms with E-state index in [-0.39, 0.29) is 23.9 Å². The smallest absolute Gasteiger partial charge is 0.254 e. The molecule has 206 valence electrons. The summed E-state index contributed by atoms with van der Waals surface area (Å²) in [5, 5.41) is 11.5. The molecule has 1 amide bonds. The Balaban J connectivity index is 1.51. The van der Waals surface area contributed by atoms with E-state index in [4.69, 9.17) is 15.5 Å². The number of benzene rings is 1. The zero-order valence-electron chi connectivity index (χ0n) is 23.4. The van der Waals surface area contributed by atoms with Gasteiger partial charge in [0, 0.05) is 48.9 Å². The first-order valence-electron chi connectivity index (χ1n) is 13.9. The summed E-state index contributed by atoms with van der Waals surface area (Å²) in [6.45, 7) is 10.2. The number of rotatable bonds is 6. The fourth-order valence-electron chi connectivity index (χ4n) is 6.76. The van der Waals surface area contributed by atoms with Crippen LogP contribution in [0.2, 0.25) is 0 Å². The van der Waals surface area contributed by atoms with Crippen LogP contribution in [0.1, 0.15) is 50.9 Å². The molecule has 4 aromatic rings. The average molecular weight is 531 g/mol. The Morgan fingerprint density at radius 3 is 2.64 bits per heavy atom. The first kappa shape index (κ1) is 25.8. The van der Waals surface area contributed by atoms with Gasteiger partial charge in [-0.3, -0.25) is 4.79 Å². The van der Waals surface area contributed by atoms with Crippen LogP contribution >= 0.6 is 0 Å². The SMILES string of the molecule is CCn1c(-c2nc3cc(C(=O)N4C[C@@H](C)[C@@H](N)[C@H]4C)cc(OC)c3n2CC2CC(C)(O)C2)cc2cccnc21. The summed E-state index contributed by atoms with van der Waals surface area (Å²) in [4.78, 5) is 25.3. The standard InChI is InChI=1S/C30H38N6O3/c1-6-34-23(11-20-8-7-9-32-27(20)34)28-33-22-10-21(29(37)35-15-17(2)25(31)18(35)3)12-24(39-5)26(22)36(28)16-19-13-30(4,38)14-19/h7-12,17-19,25,38H,6,13-16,31H2,1-5H3/t17-,18-,19?,25-,30?/m1/s1. The largest absolute Gasteiger partial charge is 0.494 e. The first-order chi connectivity index (χ1) is 18.6. The molecule has 2 aliphatic rings. The minimum absolute atomic E-state index is 0.0403. The highest BCUT2D eigenvalue weighted by Crippen LogP contribution is 2.42. The summed E-state index contributed by atoms with van der Waals surface area (Å²) in [5.74, 6) is 1.92. The van der Waals surface area contributed by atoms with Crippen molar-refractivity contribution in [2.45, 2.75) is 71.3 Å². The lowest BCUT2D eigenvalue weighted by Gasteiger charge is -2.41. The highest BCUT2D eigenvalue weighted by molar-refractivity contribution is 6.00. The predicted molar refractivity (Wildman–Crippen MR) is 152 cm³/mol. The zero-order chi connectivity index (χ0) is 27.6. The monoisotopic (exact) mass is 530 g/mol. The minimum Gasteiger partial charge on any atom is -0.494 e. The van der Waals surface area contributed by atoms with E-state index in [0.29, 0.717) is 35.8 Å². The third-order valence-corrected chi connectivity index (χ3v) is 8.82. The van der Waals surface area contributed by atoms with Crippen molar-refractivity contribution < 1.29 is 14.6 Å². The quantitative estimate of drug-likeness (QED) is 0.389. The molecule has 0 unspecified atom stereocenters. The van der Waals surface area contributed by atoms with Crippen LogP contribution in [0.25, 0.3) is 33.6 Å². The van der Waals surface area contributed by atoms with Crippen LogP contribution < -0.4 is 10.5 Å². The molecule has 4 heterocycles. The van der Waals surface area contributed by atoms with Crippen molar-refractivity contribution in [2.75, 3.05) is 13.7 Å². The van der Waals surface area contributed by atoms with Gasteiger partial charge in [-0.1, -0.05) is 6.92 Å². The Bertz CT molecular complexity index is 1560. The maximum Gasteiger partial charge on any atom is 0.254 e. The van der Waals surface area contributed by atoms with Crippen molar-refractivity contribution in [3.05, 3.63) is 42.1 Å². The Morgan fingerprint density at radius 2 is 2.00 bits per heavy atom. The number of methoxy groups -OCH3 is 1. The van der Waals surface area contributed by atoms with Crippen molar-refractivity contribution in [1.82, 2.24) is 24.0 Å². The first-order valence-corrected chi connectivity index (χ1v) is 13.9. The molecule has 3 atom stereocenters. The van der Waals surface area contributed by atoms with Gasteiger partial charge in [0.15, 0.2) is 5.82 Å². The minimum atomic E-state index is -0.627. The van der Waals surface area contributed by atoms with Gasteiger partial charge in [-0.05, 0) is 75.8 Å². The molecule has 9 heteroatoms. The number of ether oxygens (including phenoxy) is 1. The number of aryl methyl sites for hydroxylation is 1. The van der Waals surface area contributed by atoms with Crippen molar-refractivity contribution in [3.63, 3.8) is 0 Å². The molecular formula is C30H38N6O3. The van der Waals surface area contributed by atoms with E-state index < -0.39 is 5.60 Å². The molecule has 0 radical (unpaired) electrons. The Hall–Kier alpha value is -3.43. The number of amides is 1. The summed E-state index contributed by atoms with van der Waals surface area (Å²) in [6, 6.07) is 9.77. The van der Waals surface area contributed by atoms with Gasteiger partial charge in [-0.2, -0.15) is 0 Å². The number of carbonyl (C=O) groups is 1. The topological polar surface area (TPSA) is 111 Å². The van der Waals surface area contributed by atoms with Gasteiger partial charge in [0.2, 0.25) is 0 Å². The molecule has 39 heavy (non-hydrogen) atoms. The summed E-state index contributed by atoms with van der Waals surface area (Å²) in [5.41, 5.74) is 9.72. The summed E-state index contributed by atoms with van der Waals surface area (Å²) >= 11 is 0.